The van der Waals surface area contributed by atoms with Gasteiger partial charge in [-0.3, -0.25) is 5.10 Å². The monoisotopic (exact) mass is 334 g/mol. The molecule has 0 atom stereocenters. The summed E-state index contributed by atoms with van der Waals surface area (Å²) in [6, 6.07) is 11.3. The van der Waals surface area contributed by atoms with Gasteiger partial charge in [0.2, 0.25) is 0 Å². The number of hydrogen-bond donors (Lipinski definition) is 2. The van der Waals surface area contributed by atoms with E-state index >= 15 is 0 Å². The quantitative estimate of drug-likeness (QED) is 0.743. The first-order valence-electron chi connectivity index (χ1n) is 6.99. The minimum Gasteiger partial charge on any atom is -0.507 e. The van der Waals surface area contributed by atoms with Crippen LogP contribution in [0.2, 0.25) is 0 Å². The van der Waals surface area contributed by atoms with Gasteiger partial charge >= 0.3 is 6.18 Å². The number of aromatic hydroxyl groups is 1. The Morgan fingerprint density at radius 3 is 2.50 bits per heavy atom. The second kappa shape index (κ2) is 5.92. The molecule has 0 amide bonds. The predicted molar refractivity (Wildman–Crippen MR) is 82.7 cm³/mol. The van der Waals surface area contributed by atoms with Crippen LogP contribution in [-0.4, -0.2) is 22.4 Å². The summed E-state index contributed by atoms with van der Waals surface area (Å²) in [6.45, 7) is 0. The third kappa shape index (κ3) is 2.92. The second-order valence-corrected chi connectivity index (χ2v) is 5.09. The molecule has 0 unspecified atom stereocenters. The van der Waals surface area contributed by atoms with Gasteiger partial charge in [0.15, 0.2) is 0 Å². The molecular weight excluding hydrogens is 321 g/mol. The topological polar surface area (TPSA) is 58.1 Å². The van der Waals surface area contributed by atoms with Crippen molar-refractivity contribution in [3.05, 3.63) is 54.1 Å². The van der Waals surface area contributed by atoms with Gasteiger partial charge in [0.25, 0.3) is 0 Å². The van der Waals surface area contributed by atoms with Gasteiger partial charge in [-0.25, -0.2) is 0 Å². The van der Waals surface area contributed by atoms with Crippen molar-refractivity contribution in [3.8, 4) is 34.0 Å². The fourth-order valence-electron chi connectivity index (χ4n) is 2.41. The Labute approximate surface area is 135 Å². The maximum Gasteiger partial charge on any atom is 0.417 e. The SMILES string of the molecule is COc1ccc(O)c(-c2cc(-c3ccccc3C(F)(F)F)[nH]n2)c1. The molecule has 0 saturated carbocycles. The fraction of sp³-hybridized carbons (Fsp3) is 0.118. The summed E-state index contributed by atoms with van der Waals surface area (Å²) in [6.07, 6.45) is -4.47. The maximum absolute atomic E-state index is 13.1. The van der Waals surface area contributed by atoms with Crippen LogP contribution in [0.1, 0.15) is 5.56 Å². The number of methoxy groups -OCH3 is 1. The van der Waals surface area contributed by atoms with Gasteiger partial charge in [-0.05, 0) is 30.3 Å². The van der Waals surface area contributed by atoms with Gasteiger partial charge in [0.1, 0.15) is 11.5 Å². The minimum atomic E-state index is -4.47. The molecule has 0 fully saturated rings. The van der Waals surface area contributed by atoms with E-state index < -0.39 is 11.7 Å². The Morgan fingerprint density at radius 2 is 1.79 bits per heavy atom. The molecule has 1 aromatic heterocycles. The zero-order valence-electron chi connectivity index (χ0n) is 12.6. The number of ether oxygens (including phenoxy) is 1. The summed E-state index contributed by atoms with van der Waals surface area (Å²) in [5, 5.41) is 16.6. The lowest BCUT2D eigenvalue weighted by Gasteiger charge is -2.10. The molecular formula is C17H13F3N2O2. The molecule has 3 rings (SSSR count). The Hall–Kier alpha value is -2.96. The molecule has 0 spiro atoms. The van der Waals surface area contributed by atoms with E-state index in [1.165, 1.54) is 37.4 Å². The predicted octanol–water partition coefficient (Wildman–Crippen LogP) is 4.48. The molecule has 0 radical (unpaired) electrons. The van der Waals surface area contributed by atoms with Crippen LogP contribution in [-0.2, 0) is 6.18 Å². The molecule has 0 aliphatic carbocycles. The van der Waals surface area contributed by atoms with Gasteiger partial charge < -0.3 is 9.84 Å². The van der Waals surface area contributed by atoms with E-state index in [4.69, 9.17) is 4.74 Å². The Morgan fingerprint density at radius 1 is 1.04 bits per heavy atom. The number of aromatic amines is 1. The van der Waals surface area contributed by atoms with E-state index in [9.17, 15) is 18.3 Å². The van der Waals surface area contributed by atoms with Crippen molar-refractivity contribution in [1.29, 1.82) is 0 Å². The van der Waals surface area contributed by atoms with Crippen molar-refractivity contribution in [2.24, 2.45) is 0 Å². The maximum atomic E-state index is 13.1. The zero-order valence-corrected chi connectivity index (χ0v) is 12.6. The molecule has 2 aromatic carbocycles. The number of aromatic nitrogens is 2. The minimum absolute atomic E-state index is 0.00821. The molecule has 0 bridgehead atoms. The van der Waals surface area contributed by atoms with Crippen molar-refractivity contribution in [2.75, 3.05) is 7.11 Å². The number of nitrogens with one attached hydrogen (secondary N) is 1. The van der Waals surface area contributed by atoms with Crippen LogP contribution >= 0.6 is 0 Å². The molecule has 0 aliphatic heterocycles. The number of halogens is 3. The molecule has 24 heavy (non-hydrogen) atoms. The van der Waals surface area contributed by atoms with Crippen molar-refractivity contribution >= 4 is 0 Å². The van der Waals surface area contributed by atoms with E-state index in [1.807, 2.05) is 0 Å². The molecule has 0 aliphatic rings. The average Bonchev–Trinajstić information content (AvgIpc) is 3.04. The van der Waals surface area contributed by atoms with Crippen LogP contribution in [0.4, 0.5) is 13.2 Å². The smallest absolute Gasteiger partial charge is 0.417 e. The number of phenolic OH excluding ortho intramolecular Hbond substituents is 1. The van der Waals surface area contributed by atoms with Gasteiger partial charge in [0, 0.05) is 11.1 Å². The number of phenols is 1. The lowest BCUT2D eigenvalue weighted by molar-refractivity contribution is -0.137. The van der Waals surface area contributed by atoms with Crippen LogP contribution in [0, 0.1) is 0 Å². The summed E-state index contributed by atoms with van der Waals surface area (Å²) in [5.74, 6) is 0.459. The van der Waals surface area contributed by atoms with Crippen molar-refractivity contribution in [1.82, 2.24) is 10.2 Å². The Balaban J connectivity index is 2.07. The molecule has 7 heteroatoms. The van der Waals surface area contributed by atoms with E-state index in [0.29, 0.717) is 17.0 Å². The third-order valence-electron chi connectivity index (χ3n) is 3.58. The molecule has 3 aromatic rings. The average molecular weight is 334 g/mol. The fourth-order valence-corrected chi connectivity index (χ4v) is 2.41. The number of nitrogens with zero attached hydrogens (tertiary/aromatic N) is 1. The van der Waals surface area contributed by atoms with Crippen molar-refractivity contribution in [2.45, 2.75) is 6.18 Å². The standard InChI is InChI=1S/C17H13F3N2O2/c1-24-10-6-7-16(23)12(8-10)15-9-14(21-22-15)11-4-2-3-5-13(11)17(18,19)20/h2-9,23H,1H3,(H,21,22). The number of alkyl halides is 3. The molecule has 0 saturated heterocycles. The van der Waals surface area contributed by atoms with Crippen LogP contribution < -0.4 is 4.74 Å². The van der Waals surface area contributed by atoms with Gasteiger partial charge in [-0.15, -0.1) is 0 Å². The number of H-pyrrole nitrogens is 1. The lowest BCUT2D eigenvalue weighted by Crippen LogP contribution is -2.06. The third-order valence-corrected chi connectivity index (χ3v) is 3.58. The lowest BCUT2D eigenvalue weighted by atomic mass is 10.0. The first kappa shape index (κ1) is 15.9. The molecule has 4 nitrogen and oxygen atoms in total. The van der Waals surface area contributed by atoms with E-state index in [2.05, 4.69) is 10.2 Å². The first-order chi connectivity index (χ1) is 11.4. The van der Waals surface area contributed by atoms with Crippen LogP contribution in [0.15, 0.2) is 48.5 Å². The number of hydrogen-bond acceptors (Lipinski definition) is 3. The summed E-state index contributed by atoms with van der Waals surface area (Å²) >= 11 is 0. The summed E-state index contributed by atoms with van der Waals surface area (Å²) < 4.78 is 44.5. The second-order valence-electron chi connectivity index (χ2n) is 5.09. The van der Waals surface area contributed by atoms with Crippen LogP contribution in [0.25, 0.3) is 22.5 Å². The highest BCUT2D eigenvalue weighted by molar-refractivity contribution is 5.74. The van der Waals surface area contributed by atoms with Crippen LogP contribution in [0.3, 0.4) is 0 Å². The molecule has 1 heterocycles. The van der Waals surface area contributed by atoms with E-state index in [1.54, 1.807) is 12.1 Å². The molecule has 124 valence electrons. The Bertz CT molecular complexity index is 872. The van der Waals surface area contributed by atoms with Gasteiger partial charge in [-0.2, -0.15) is 18.3 Å². The van der Waals surface area contributed by atoms with Crippen molar-refractivity contribution < 1.29 is 23.0 Å². The van der Waals surface area contributed by atoms with E-state index in [0.717, 1.165) is 6.07 Å². The zero-order chi connectivity index (χ0) is 17.3. The highest BCUT2D eigenvalue weighted by Gasteiger charge is 2.33. The van der Waals surface area contributed by atoms with Crippen LogP contribution in [0.5, 0.6) is 11.5 Å². The summed E-state index contributed by atoms with van der Waals surface area (Å²) in [5.41, 5.74) is 0.126. The highest BCUT2D eigenvalue weighted by Crippen LogP contribution is 2.38. The number of benzene rings is 2. The van der Waals surface area contributed by atoms with Gasteiger partial charge in [-0.1, -0.05) is 18.2 Å². The van der Waals surface area contributed by atoms with Crippen molar-refractivity contribution in [3.63, 3.8) is 0 Å². The normalized spacial score (nSPS) is 11.5. The summed E-state index contributed by atoms with van der Waals surface area (Å²) in [4.78, 5) is 0. The highest BCUT2D eigenvalue weighted by atomic mass is 19.4. The van der Waals surface area contributed by atoms with E-state index in [-0.39, 0.29) is 17.0 Å². The largest absolute Gasteiger partial charge is 0.507 e. The first-order valence-corrected chi connectivity index (χ1v) is 6.99. The Kier molecular flexibility index (Phi) is 3.92. The van der Waals surface area contributed by atoms with Gasteiger partial charge in [0.05, 0.1) is 24.1 Å². The summed E-state index contributed by atoms with van der Waals surface area (Å²) in [7, 11) is 1.48. The molecule has 2 N–H and O–H groups in total. The number of rotatable bonds is 3.